The molecular formula is C23H23ClO8. The average molecular weight is 463 g/mol. The number of carbonyl (C=O) groups is 2. The van der Waals surface area contributed by atoms with Crippen molar-refractivity contribution in [3.63, 3.8) is 0 Å². The number of halogens is 1. The van der Waals surface area contributed by atoms with Crippen molar-refractivity contribution in [1.82, 2.24) is 0 Å². The Labute approximate surface area is 189 Å². The number of hydrogen-bond acceptors (Lipinski definition) is 7. The van der Waals surface area contributed by atoms with Crippen LogP contribution in [0.15, 0.2) is 54.6 Å². The smallest absolute Gasteiger partial charge is 0.336 e. The molecule has 0 bridgehead atoms. The number of phenols is 1. The van der Waals surface area contributed by atoms with Gasteiger partial charge >= 0.3 is 11.9 Å². The molecule has 1 saturated carbocycles. The summed E-state index contributed by atoms with van der Waals surface area (Å²) in [6.45, 7) is -0.0757. The van der Waals surface area contributed by atoms with E-state index in [1.165, 1.54) is 18.2 Å². The molecule has 0 unspecified atom stereocenters. The summed E-state index contributed by atoms with van der Waals surface area (Å²) in [5.41, 5.74) is -0.569. The molecule has 0 aromatic heterocycles. The van der Waals surface area contributed by atoms with Crippen LogP contribution in [-0.2, 0) is 25.7 Å². The highest BCUT2D eigenvalue weighted by Crippen LogP contribution is 2.35. The number of aromatic hydroxyl groups is 1. The molecule has 0 saturated heterocycles. The summed E-state index contributed by atoms with van der Waals surface area (Å²) in [5.74, 6) is -2.08. The van der Waals surface area contributed by atoms with E-state index in [1.807, 2.05) is 0 Å². The first-order chi connectivity index (χ1) is 15.2. The molecule has 0 aliphatic heterocycles. The lowest BCUT2D eigenvalue weighted by atomic mass is 9.79. The van der Waals surface area contributed by atoms with E-state index in [1.54, 1.807) is 36.4 Å². The number of phenolic OH excluding ortho intramolecular Hbond substituents is 1. The van der Waals surface area contributed by atoms with E-state index < -0.39 is 35.9 Å². The van der Waals surface area contributed by atoms with Crippen LogP contribution in [0.1, 0.15) is 24.0 Å². The molecule has 170 valence electrons. The number of carboxylic acids is 1. The third kappa shape index (κ3) is 5.86. The minimum atomic E-state index is -1.86. The topological polar surface area (TPSA) is 134 Å². The van der Waals surface area contributed by atoms with Gasteiger partial charge in [-0.25, -0.2) is 9.59 Å². The number of rotatable bonds is 7. The zero-order valence-electron chi connectivity index (χ0n) is 16.9. The minimum Gasteiger partial charge on any atom is -0.508 e. The lowest BCUT2D eigenvalue weighted by molar-refractivity contribution is -0.209. The molecule has 32 heavy (non-hydrogen) atoms. The zero-order valence-corrected chi connectivity index (χ0v) is 17.7. The Bertz CT molecular complexity index is 972. The van der Waals surface area contributed by atoms with E-state index in [2.05, 4.69) is 0 Å². The van der Waals surface area contributed by atoms with Gasteiger partial charge in [0, 0.05) is 23.9 Å². The SMILES string of the molecule is O=C(/C=C/c1ccc(O)cc1)O[C@@H]1C[C@](OCc2ccc(Cl)cc2)(C(=O)O)C[C@H](O)[C@H]1O. The molecule has 3 rings (SSSR count). The standard InChI is InChI=1S/C23H23ClO8/c24-16-6-1-15(2-7-16)13-31-23(22(29)30)11-18(26)21(28)19(12-23)32-20(27)10-5-14-3-8-17(25)9-4-14/h1-10,18-19,21,25-26,28H,11-13H2,(H,29,30)/b10-5+/t18-,19+,21+,23-/m0/s1. The van der Waals surface area contributed by atoms with Crippen LogP contribution in [0.2, 0.25) is 5.02 Å². The van der Waals surface area contributed by atoms with Crippen molar-refractivity contribution in [2.45, 2.75) is 43.4 Å². The molecule has 0 amide bonds. The van der Waals surface area contributed by atoms with Gasteiger partial charge in [-0.2, -0.15) is 0 Å². The summed E-state index contributed by atoms with van der Waals surface area (Å²) in [5, 5.41) is 40.2. The summed E-state index contributed by atoms with van der Waals surface area (Å²) in [4.78, 5) is 24.3. The molecule has 0 heterocycles. The third-order valence-corrected chi connectivity index (χ3v) is 5.49. The first-order valence-electron chi connectivity index (χ1n) is 9.84. The van der Waals surface area contributed by atoms with E-state index in [0.29, 0.717) is 16.1 Å². The minimum absolute atomic E-state index is 0.0757. The fraction of sp³-hybridized carbons (Fsp3) is 0.304. The quantitative estimate of drug-likeness (QED) is 0.364. The number of carbonyl (C=O) groups excluding carboxylic acids is 1. The van der Waals surface area contributed by atoms with Crippen LogP contribution in [0.25, 0.3) is 6.08 Å². The Morgan fingerprint density at radius 3 is 2.34 bits per heavy atom. The van der Waals surface area contributed by atoms with Gasteiger partial charge < -0.3 is 29.9 Å². The molecular weight excluding hydrogens is 440 g/mol. The predicted molar refractivity (Wildman–Crippen MR) is 115 cm³/mol. The van der Waals surface area contributed by atoms with Gasteiger partial charge in [0.15, 0.2) is 5.60 Å². The van der Waals surface area contributed by atoms with E-state index in [9.17, 15) is 30.0 Å². The van der Waals surface area contributed by atoms with Crippen molar-refractivity contribution in [2.75, 3.05) is 0 Å². The molecule has 4 N–H and O–H groups in total. The van der Waals surface area contributed by atoms with Crippen LogP contribution in [0.4, 0.5) is 0 Å². The number of carboxylic acid groups (broad SMARTS) is 1. The Hall–Kier alpha value is -2.91. The van der Waals surface area contributed by atoms with E-state index >= 15 is 0 Å². The van der Waals surface area contributed by atoms with Crippen molar-refractivity contribution in [3.8, 4) is 5.75 Å². The number of benzene rings is 2. The highest BCUT2D eigenvalue weighted by molar-refractivity contribution is 6.30. The molecule has 0 spiro atoms. The largest absolute Gasteiger partial charge is 0.508 e. The number of aliphatic hydroxyl groups excluding tert-OH is 2. The van der Waals surface area contributed by atoms with Gasteiger partial charge in [0.05, 0.1) is 12.7 Å². The maximum absolute atomic E-state index is 12.2. The van der Waals surface area contributed by atoms with Crippen molar-refractivity contribution in [1.29, 1.82) is 0 Å². The highest BCUT2D eigenvalue weighted by Gasteiger charge is 2.52. The number of aliphatic hydroxyl groups is 2. The van der Waals surface area contributed by atoms with Gasteiger partial charge in [0.1, 0.15) is 18.0 Å². The first kappa shape index (κ1) is 23.7. The monoisotopic (exact) mass is 462 g/mol. The second kappa shape index (κ2) is 10.1. The fourth-order valence-corrected chi connectivity index (χ4v) is 3.57. The number of aliphatic carboxylic acids is 1. The van der Waals surface area contributed by atoms with Gasteiger partial charge in [-0.1, -0.05) is 35.9 Å². The van der Waals surface area contributed by atoms with E-state index in [4.69, 9.17) is 21.1 Å². The Balaban J connectivity index is 1.70. The van der Waals surface area contributed by atoms with Crippen molar-refractivity contribution in [3.05, 3.63) is 70.8 Å². The van der Waals surface area contributed by atoms with Crippen molar-refractivity contribution < 1.29 is 39.5 Å². The summed E-state index contributed by atoms with van der Waals surface area (Å²) in [6, 6.07) is 12.7. The first-order valence-corrected chi connectivity index (χ1v) is 10.2. The lowest BCUT2D eigenvalue weighted by Crippen LogP contribution is -2.58. The van der Waals surface area contributed by atoms with Crippen LogP contribution in [0.5, 0.6) is 5.75 Å². The average Bonchev–Trinajstić information content (AvgIpc) is 2.76. The third-order valence-electron chi connectivity index (χ3n) is 5.24. The van der Waals surface area contributed by atoms with Gasteiger partial charge in [-0.3, -0.25) is 0 Å². The number of hydrogen-bond donors (Lipinski definition) is 4. The Morgan fingerprint density at radius 2 is 1.72 bits per heavy atom. The summed E-state index contributed by atoms with van der Waals surface area (Å²) >= 11 is 5.85. The molecule has 2 aromatic rings. The van der Waals surface area contributed by atoms with E-state index in [-0.39, 0.29) is 25.2 Å². The van der Waals surface area contributed by atoms with Crippen molar-refractivity contribution >= 4 is 29.6 Å². The van der Waals surface area contributed by atoms with Gasteiger partial charge in [-0.15, -0.1) is 0 Å². The summed E-state index contributed by atoms with van der Waals surface area (Å²) in [6.07, 6.45) is -2.39. The van der Waals surface area contributed by atoms with Crippen molar-refractivity contribution in [2.24, 2.45) is 0 Å². The fourth-order valence-electron chi connectivity index (χ4n) is 3.44. The molecule has 9 heteroatoms. The van der Waals surface area contributed by atoms with Crippen LogP contribution in [0.3, 0.4) is 0 Å². The Kier molecular flexibility index (Phi) is 7.52. The van der Waals surface area contributed by atoms with Crippen LogP contribution < -0.4 is 0 Å². The molecule has 8 nitrogen and oxygen atoms in total. The normalized spacial score (nSPS) is 25.5. The maximum atomic E-state index is 12.2. The lowest BCUT2D eigenvalue weighted by Gasteiger charge is -2.41. The molecule has 0 radical (unpaired) electrons. The second-order valence-electron chi connectivity index (χ2n) is 7.58. The zero-order chi connectivity index (χ0) is 23.3. The summed E-state index contributed by atoms with van der Waals surface area (Å²) < 4.78 is 10.9. The second-order valence-corrected chi connectivity index (χ2v) is 8.02. The highest BCUT2D eigenvalue weighted by atomic mass is 35.5. The van der Waals surface area contributed by atoms with Crippen LogP contribution >= 0.6 is 11.6 Å². The molecule has 1 fully saturated rings. The number of esters is 1. The van der Waals surface area contributed by atoms with Gasteiger partial charge in [-0.05, 0) is 41.5 Å². The van der Waals surface area contributed by atoms with Gasteiger partial charge in [0.25, 0.3) is 0 Å². The Morgan fingerprint density at radius 1 is 1.06 bits per heavy atom. The van der Waals surface area contributed by atoms with Gasteiger partial charge in [0.2, 0.25) is 0 Å². The van der Waals surface area contributed by atoms with E-state index in [0.717, 1.165) is 6.08 Å². The van der Waals surface area contributed by atoms with Crippen LogP contribution in [0, 0.1) is 0 Å². The summed E-state index contributed by atoms with van der Waals surface area (Å²) in [7, 11) is 0. The predicted octanol–water partition coefficient (Wildman–Crippen LogP) is 2.53. The molecule has 1 aliphatic carbocycles. The van der Waals surface area contributed by atoms with Crippen LogP contribution in [-0.4, -0.2) is 56.3 Å². The number of ether oxygens (including phenoxy) is 2. The molecule has 4 atom stereocenters. The molecule has 2 aromatic carbocycles. The maximum Gasteiger partial charge on any atom is 0.336 e. The molecule has 1 aliphatic rings.